The Bertz CT molecular complexity index is 1080. The Balaban J connectivity index is 1.41. The monoisotopic (exact) mass is 422 g/mol. The van der Waals surface area contributed by atoms with E-state index in [1.54, 1.807) is 19.3 Å². The number of aromatic nitrogens is 3. The molecule has 5 N–H and O–H groups in total. The van der Waals surface area contributed by atoms with Crippen molar-refractivity contribution in [2.75, 3.05) is 37.7 Å². The predicted molar refractivity (Wildman–Crippen MR) is 124 cm³/mol. The van der Waals surface area contributed by atoms with Crippen LogP contribution < -0.4 is 21.9 Å². The lowest BCUT2D eigenvalue weighted by atomic mass is 10.0. The van der Waals surface area contributed by atoms with E-state index in [0.717, 1.165) is 24.1 Å². The van der Waals surface area contributed by atoms with Crippen molar-refractivity contribution in [2.45, 2.75) is 25.7 Å². The fourth-order valence-electron chi connectivity index (χ4n) is 3.97. The summed E-state index contributed by atoms with van der Waals surface area (Å²) in [6, 6.07) is 9.49. The highest BCUT2D eigenvalue weighted by Crippen LogP contribution is 2.32. The van der Waals surface area contributed by atoms with Crippen molar-refractivity contribution in [3.05, 3.63) is 47.0 Å². The first kappa shape index (κ1) is 21.0. The first-order valence-corrected chi connectivity index (χ1v) is 10.8. The second-order valence-corrected chi connectivity index (χ2v) is 8.04. The van der Waals surface area contributed by atoms with E-state index < -0.39 is 0 Å². The smallest absolute Gasteiger partial charge is 0.327 e. The standard InChI is InChI=1S/C23H30N6O2/c1-28-22(25)21(27-23(28)30)18-14-16(6-8-19(18)24)17-7-9-20(26-15-17)31-13-5-12-29-10-3-2-4-11-29/h6-9,14-15H,2-5,10-13,24-25H2,1H3,(H,27,30). The van der Waals surface area contributed by atoms with Gasteiger partial charge in [0.15, 0.2) is 0 Å². The first-order chi connectivity index (χ1) is 15.0. The van der Waals surface area contributed by atoms with Gasteiger partial charge in [-0.3, -0.25) is 4.57 Å². The van der Waals surface area contributed by atoms with Crippen LogP contribution in [0.25, 0.3) is 22.4 Å². The van der Waals surface area contributed by atoms with E-state index >= 15 is 0 Å². The van der Waals surface area contributed by atoms with E-state index in [0.29, 0.717) is 35.2 Å². The number of piperidine rings is 1. The third kappa shape index (κ3) is 4.74. The van der Waals surface area contributed by atoms with Crippen LogP contribution in [0.2, 0.25) is 0 Å². The van der Waals surface area contributed by atoms with Crippen LogP contribution >= 0.6 is 0 Å². The summed E-state index contributed by atoms with van der Waals surface area (Å²) in [5.41, 5.74) is 15.5. The van der Waals surface area contributed by atoms with Crippen LogP contribution in [-0.2, 0) is 7.05 Å². The van der Waals surface area contributed by atoms with Crippen LogP contribution in [0.4, 0.5) is 11.5 Å². The molecule has 0 saturated carbocycles. The molecule has 31 heavy (non-hydrogen) atoms. The van der Waals surface area contributed by atoms with Gasteiger partial charge in [0.05, 0.1) is 12.3 Å². The molecule has 164 valence electrons. The van der Waals surface area contributed by atoms with Crippen LogP contribution in [0.3, 0.4) is 0 Å². The highest BCUT2D eigenvalue weighted by Gasteiger charge is 2.14. The van der Waals surface area contributed by atoms with Gasteiger partial charge in [-0.1, -0.05) is 12.5 Å². The largest absolute Gasteiger partial charge is 0.478 e. The molecule has 0 bridgehead atoms. The summed E-state index contributed by atoms with van der Waals surface area (Å²) in [5.74, 6) is 0.968. The highest BCUT2D eigenvalue weighted by molar-refractivity contribution is 5.84. The molecule has 1 saturated heterocycles. The minimum absolute atomic E-state index is 0.277. The second-order valence-electron chi connectivity index (χ2n) is 8.04. The number of hydrogen-bond donors (Lipinski definition) is 3. The summed E-state index contributed by atoms with van der Waals surface area (Å²) >= 11 is 0. The van der Waals surface area contributed by atoms with Crippen LogP contribution in [-0.4, -0.2) is 45.7 Å². The molecule has 1 aromatic carbocycles. The lowest BCUT2D eigenvalue weighted by Crippen LogP contribution is -2.31. The molecule has 0 radical (unpaired) electrons. The number of ether oxygens (including phenoxy) is 1. The molecule has 0 atom stereocenters. The second kappa shape index (κ2) is 9.26. The fourth-order valence-corrected chi connectivity index (χ4v) is 3.97. The molecule has 4 rings (SSSR count). The van der Waals surface area contributed by atoms with Crippen LogP contribution in [0, 0.1) is 0 Å². The van der Waals surface area contributed by atoms with Gasteiger partial charge in [0.2, 0.25) is 5.88 Å². The number of rotatable bonds is 7. The Labute approximate surface area is 181 Å². The third-order valence-corrected chi connectivity index (χ3v) is 5.86. The molecule has 0 aliphatic carbocycles. The number of nitrogens with one attached hydrogen (secondary N) is 1. The fraction of sp³-hybridized carbons (Fsp3) is 0.391. The first-order valence-electron chi connectivity index (χ1n) is 10.8. The number of nitrogens with two attached hydrogens (primary N) is 2. The van der Waals surface area contributed by atoms with Crippen molar-refractivity contribution in [1.29, 1.82) is 0 Å². The third-order valence-electron chi connectivity index (χ3n) is 5.86. The van der Waals surface area contributed by atoms with Gasteiger partial charge < -0.3 is 26.1 Å². The Morgan fingerprint density at radius 3 is 2.55 bits per heavy atom. The lowest BCUT2D eigenvalue weighted by molar-refractivity contribution is 0.203. The molecule has 0 amide bonds. The average Bonchev–Trinajstić information content (AvgIpc) is 3.05. The predicted octanol–water partition coefficient (Wildman–Crippen LogP) is 2.86. The summed E-state index contributed by atoms with van der Waals surface area (Å²) in [7, 11) is 1.62. The molecular formula is C23H30N6O2. The number of aromatic amines is 1. The van der Waals surface area contributed by atoms with Gasteiger partial charge in [-0.2, -0.15) is 0 Å². The minimum Gasteiger partial charge on any atom is -0.478 e. The molecule has 0 spiro atoms. The molecule has 1 fully saturated rings. The zero-order chi connectivity index (χ0) is 21.8. The zero-order valence-electron chi connectivity index (χ0n) is 17.9. The molecule has 1 aliphatic heterocycles. The number of hydrogen-bond acceptors (Lipinski definition) is 6. The maximum Gasteiger partial charge on any atom is 0.327 e. The van der Waals surface area contributed by atoms with Gasteiger partial charge in [-0.15, -0.1) is 0 Å². The molecule has 3 aromatic rings. The van der Waals surface area contributed by atoms with Gasteiger partial charge in [0, 0.05) is 42.7 Å². The maximum atomic E-state index is 11.9. The number of anilines is 2. The Hall–Kier alpha value is -3.26. The lowest BCUT2D eigenvalue weighted by Gasteiger charge is -2.26. The summed E-state index contributed by atoms with van der Waals surface area (Å²) < 4.78 is 7.18. The van der Waals surface area contributed by atoms with Crippen molar-refractivity contribution in [2.24, 2.45) is 7.05 Å². The van der Waals surface area contributed by atoms with Crippen LogP contribution in [0.1, 0.15) is 25.7 Å². The summed E-state index contributed by atoms with van der Waals surface area (Å²) in [4.78, 5) is 21.6. The molecular weight excluding hydrogens is 392 g/mol. The molecule has 1 aliphatic rings. The quantitative estimate of drug-likeness (QED) is 0.398. The molecule has 0 unspecified atom stereocenters. The number of benzene rings is 1. The average molecular weight is 423 g/mol. The van der Waals surface area contributed by atoms with Crippen molar-refractivity contribution in [3.63, 3.8) is 0 Å². The Morgan fingerprint density at radius 1 is 1.10 bits per heavy atom. The number of nitrogens with zero attached hydrogens (tertiary/aromatic N) is 3. The van der Waals surface area contributed by atoms with Crippen LogP contribution in [0.15, 0.2) is 41.3 Å². The number of likely N-dealkylation sites (tertiary alicyclic amines) is 1. The summed E-state index contributed by atoms with van der Waals surface area (Å²) in [5, 5.41) is 0. The van der Waals surface area contributed by atoms with E-state index in [-0.39, 0.29) is 5.69 Å². The molecule has 2 aromatic heterocycles. The van der Waals surface area contributed by atoms with Gasteiger partial charge >= 0.3 is 5.69 Å². The minimum atomic E-state index is -0.277. The molecule has 8 heteroatoms. The van der Waals surface area contributed by atoms with E-state index in [1.807, 2.05) is 24.3 Å². The SMILES string of the molecule is Cn1c(N)c(-c2cc(-c3ccc(OCCCN4CCCCC4)nc3)ccc2N)[nH]c1=O. The van der Waals surface area contributed by atoms with Gasteiger partial charge in [-0.05, 0) is 56.1 Å². The molecule has 8 nitrogen and oxygen atoms in total. The van der Waals surface area contributed by atoms with Crippen molar-refractivity contribution in [3.8, 4) is 28.3 Å². The zero-order valence-corrected chi connectivity index (χ0v) is 17.9. The number of imidazole rings is 1. The van der Waals surface area contributed by atoms with Crippen LogP contribution in [0.5, 0.6) is 5.88 Å². The number of pyridine rings is 1. The Morgan fingerprint density at radius 2 is 1.87 bits per heavy atom. The molecule has 3 heterocycles. The topological polar surface area (TPSA) is 115 Å². The normalized spacial score (nSPS) is 14.6. The van der Waals surface area contributed by atoms with E-state index in [2.05, 4.69) is 14.9 Å². The number of H-pyrrole nitrogens is 1. The van der Waals surface area contributed by atoms with E-state index in [1.165, 1.54) is 36.9 Å². The summed E-state index contributed by atoms with van der Waals surface area (Å²) in [6.45, 7) is 4.16. The maximum absolute atomic E-state index is 11.9. The van der Waals surface area contributed by atoms with Crippen molar-refractivity contribution in [1.82, 2.24) is 19.4 Å². The highest BCUT2D eigenvalue weighted by atomic mass is 16.5. The van der Waals surface area contributed by atoms with Gasteiger partial charge in [0.25, 0.3) is 0 Å². The van der Waals surface area contributed by atoms with E-state index in [9.17, 15) is 4.79 Å². The van der Waals surface area contributed by atoms with Crippen molar-refractivity contribution < 1.29 is 4.74 Å². The Kier molecular flexibility index (Phi) is 6.27. The summed E-state index contributed by atoms with van der Waals surface area (Å²) in [6.07, 6.45) is 6.76. The van der Waals surface area contributed by atoms with Crippen molar-refractivity contribution >= 4 is 11.5 Å². The number of nitrogen functional groups attached to an aromatic ring is 2. The van der Waals surface area contributed by atoms with Gasteiger partial charge in [0.1, 0.15) is 5.82 Å². The van der Waals surface area contributed by atoms with Gasteiger partial charge in [-0.25, -0.2) is 9.78 Å². The van der Waals surface area contributed by atoms with E-state index in [4.69, 9.17) is 16.2 Å².